The molecule has 0 amide bonds. The zero-order valence-electron chi connectivity index (χ0n) is 11.3. The Hall–Kier alpha value is -1.57. The first-order chi connectivity index (χ1) is 9.10. The van der Waals surface area contributed by atoms with Crippen LogP contribution in [-0.2, 0) is 0 Å². The number of nitrogens with zero attached hydrogens (tertiary/aromatic N) is 3. The quantitative estimate of drug-likeness (QED) is 0.559. The molecule has 0 aliphatic heterocycles. The van der Waals surface area contributed by atoms with Crippen molar-refractivity contribution in [2.24, 2.45) is 0 Å². The molecule has 7 nitrogen and oxygen atoms in total. The lowest BCUT2D eigenvalue weighted by Gasteiger charge is -2.14. The van der Waals surface area contributed by atoms with Gasteiger partial charge in [0.15, 0.2) is 0 Å². The smallest absolute Gasteiger partial charge is 0.353 e. The number of nitrogens with one attached hydrogen (secondary N) is 2. The van der Waals surface area contributed by atoms with Crippen LogP contribution in [0.1, 0.15) is 20.3 Å². The number of hydrogen-bond donors (Lipinski definition) is 2. The van der Waals surface area contributed by atoms with E-state index in [1.165, 1.54) is 6.33 Å². The van der Waals surface area contributed by atoms with E-state index in [1.54, 1.807) is 11.8 Å². The molecule has 1 atom stereocenters. The molecule has 0 saturated carbocycles. The van der Waals surface area contributed by atoms with E-state index in [0.29, 0.717) is 6.54 Å². The van der Waals surface area contributed by atoms with Crippen LogP contribution in [0.2, 0.25) is 0 Å². The summed E-state index contributed by atoms with van der Waals surface area (Å²) in [5.74, 6) is 1.37. The van der Waals surface area contributed by atoms with Gasteiger partial charge in [0.25, 0.3) is 0 Å². The Kier molecular flexibility index (Phi) is 6.34. The molecular formula is C11H19N5O2S. The van der Waals surface area contributed by atoms with E-state index in [9.17, 15) is 10.1 Å². The lowest BCUT2D eigenvalue weighted by Crippen LogP contribution is -2.20. The highest BCUT2D eigenvalue weighted by Gasteiger charge is 2.23. The highest BCUT2D eigenvalue weighted by atomic mass is 32.2. The first-order valence-electron chi connectivity index (χ1n) is 6.08. The number of nitro groups is 1. The first-order valence-corrected chi connectivity index (χ1v) is 7.48. The Morgan fingerprint density at radius 2 is 2.16 bits per heavy atom. The summed E-state index contributed by atoms with van der Waals surface area (Å²) in [6.07, 6.45) is 4.19. The van der Waals surface area contributed by atoms with Crippen molar-refractivity contribution in [1.82, 2.24) is 9.97 Å². The van der Waals surface area contributed by atoms with E-state index in [0.717, 1.165) is 12.2 Å². The van der Waals surface area contributed by atoms with Gasteiger partial charge in [-0.3, -0.25) is 10.1 Å². The average molecular weight is 285 g/mol. The maximum Gasteiger partial charge on any atom is 0.353 e. The maximum absolute atomic E-state index is 11.2. The summed E-state index contributed by atoms with van der Waals surface area (Å²) in [4.78, 5) is 18.7. The maximum atomic E-state index is 11.2. The second-order valence-corrected chi connectivity index (χ2v) is 5.01. The van der Waals surface area contributed by atoms with Gasteiger partial charge in [-0.15, -0.1) is 0 Å². The molecule has 0 spiro atoms. The normalized spacial score (nSPS) is 11.9. The molecule has 106 valence electrons. The summed E-state index contributed by atoms with van der Waals surface area (Å²) >= 11 is 1.67. The number of thioether (sulfide) groups is 1. The molecule has 0 aliphatic carbocycles. The predicted octanol–water partition coefficient (Wildman–Crippen LogP) is 2.37. The Labute approximate surface area is 116 Å². The highest BCUT2D eigenvalue weighted by molar-refractivity contribution is 7.98. The topological polar surface area (TPSA) is 93.0 Å². The third kappa shape index (κ3) is 4.55. The molecular weight excluding hydrogens is 266 g/mol. The van der Waals surface area contributed by atoms with Gasteiger partial charge < -0.3 is 10.6 Å². The van der Waals surface area contributed by atoms with Gasteiger partial charge in [-0.05, 0) is 19.6 Å². The lowest BCUT2D eigenvalue weighted by molar-refractivity contribution is -0.383. The van der Waals surface area contributed by atoms with Crippen molar-refractivity contribution in [3.8, 4) is 0 Å². The van der Waals surface area contributed by atoms with Crippen LogP contribution < -0.4 is 10.6 Å². The molecule has 1 aromatic rings. The van der Waals surface area contributed by atoms with Gasteiger partial charge in [-0.1, -0.05) is 6.92 Å². The van der Waals surface area contributed by atoms with Crippen molar-refractivity contribution < 1.29 is 4.92 Å². The highest BCUT2D eigenvalue weighted by Crippen LogP contribution is 2.29. The molecule has 8 heteroatoms. The predicted molar refractivity (Wildman–Crippen MR) is 78.9 cm³/mol. The zero-order valence-corrected chi connectivity index (χ0v) is 12.2. The fraction of sp³-hybridized carbons (Fsp3) is 0.636. The Bertz CT molecular complexity index is 430. The van der Waals surface area contributed by atoms with Gasteiger partial charge in [-0.2, -0.15) is 11.8 Å². The van der Waals surface area contributed by atoms with E-state index in [4.69, 9.17) is 0 Å². The van der Waals surface area contributed by atoms with E-state index >= 15 is 0 Å². The number of anilines is 2. The molecule has 1 rings (SSSR count). The van der Waals surface area contributed by atoms with Crippen LogP contribution in [0.3, 0.4) is 0 Å². The van der Waals surface area contributed by atoms with Crippen LogP contribution in [0.5, 0.6) is 0 Å². The molecule has 2 N–H and O–H groups in total. The molecule has 1 aromatic heterocycles. The molecule has 0 saturated heterocycles. The van der Waals surface area contributed by atoms with E-state index in [1.807, 2.05) is 20.1 Å². The summed E-state index contributed by atoms with van der Waals surface area (Å²) in [6.45, 7) is 4.58. The SMILES string of the molecule is CCCNc1ncnc(NC(C)CSC)c1[N+](=O)[O-]. The first kappa shape index (κ1) is 15.5. The van der Waals surface area contributed by atoms with Crippen molar-refractivity contribution in [2.75, 3.05) is 29.2 Å². The minimum Gasteiger partial charge on any atom is -0.364 e. The molecule has 1 heterocycles. The Balaban J connectivity index is 2.99. The van der Waals surface area contributed by atoms with E-state index < -0.39 is 4.92 Å². The third-order valence-electron chi connectivity index (χ3n) is 2.35. The molecule has 19 heavy (non-hydrogen) atoms. The molecule has 0 aliphatic rings. The van der Waals surface area contributed by atoms with Crippen LogP contribution in [-0.4, -0.2) is 39.5 Å². The van der Waals surface area contributed by atoms with E-state index in [-0.39, 0.29) is 23.4 Å². The van der Waals surface area contributed by atoms with Crippen LogP contribution in [0.25, 0.3) is 0 Å². The van der Waals surface area contributed by atoms with Crippen molar-refractivity contribution in [3.63, 3.8) is 0 Å². The van der Waals surface area contributed by atoms with Crippen molar-refractivity contribution in [1.29, 1.82) is 0 Å². The Morgan fingerprint density at radius 1 is 1.47 bits per heavy atom. The third-order valence-corrected chi connectivity index (χ3v) is 3.18. The number of aromatic nitrogens is 2. The summed E-state index contributed by atoms with van der Waals surface area (Å²) in [5.41, 5.74) is -0.0936. The minimum absolute atomic E-state index is 0.0936. The molecule has 0 radical (unpaired) electrons. The van der Waals surface area contributed by atoms with Gasteiger partial charge in [0.2, 0.25) is 11.6 Å². The van der Waals surface area contributed by atoms with Crippen molar-refractivity contribution >= 4 is 29.1 Å². The minimum atomic E-state index is -0.452. The van der Waals surface area contributed by atoms with Gasteiger partial charge in [0, 0.05) is 18.3 Å². The van der Waals surface area contributed by atoms with Gasteiger partial charge >= 0.3 is 5.69 Å². The van der Waals surface area contributed by atoms with Crippen LogP contribution >= 0.6 is 11.8 Å². The van der Waals surface area contributed by atoms with Crippen molar-refractivity contribution in [2.45, 2.75) is 26.3 Å². The fourth-order valence-electron chi connectivity index (χ4n) is 1.56. The summed E-state index contributed by atoms with van der Waals surface area (Å²) < 4.78 is 0. The van der Waals surface area contributed by atoms with Crippen LogP contribution in [0.4, 0.5) is 17.3 Å². The molecule has 0 fully saturated rings. The molecule has 1 unspecified atom stereocenters. The Morgan fingerprint density at radius 3 is 2.74 bits per heavy atom. The van der Waals surface area contributed by atoms with Crippen molar-refractivity contribution in [3.05, 3.63) is 16.4 Å². The summed E-state index contributed by atoms with van der Waals surface area (Å²) in [5, 5.41) is 17.2. The molecule has 0 aromatic carbocycles. The molecule has 0 bridgehead atoms. The van der Waals surface area contributed by atoms with E-state index in [2.05, 4.69) is 20.6 Å². The van der Waals surface area contributed by atoms with Crippen LogP contribution in [0, 0.1) is 10.1 Å². The largest absolute Gasteiger partial charge is 0.364 e. The summed E-state index contributed by atoms with van der Waals surface area (Å²) in [6, 6.07) is 0.0997. The fourth-order valence-corrected chi connectivity index (χ4v) is 2.14. The summed E-state index contributed by atoms with van der Waals surface area (Å²) in [7, 11) is 0. The van der Waals surface area contributed by atoms with Gasteiger partial charge in [0.05, 0.1) is 4.92 Å². The van der Waals surface area contributed by atoms with Crippen LogP contribution in [0.15, 0.2) is 6.33 Å². The number of rotatable bonds is 8. The standard InChI is InChI=1S/C11H19N5O2S/c1-4-5-12-10-9(16(17)18)11(14-7-13-10)15-8(2)6-19-3/h7-8H,4-6H2,1-3H3,(H2,12,13,14,15). The zero-order chi connectivity index (χ0) is 14.3. The number of hydrogen-bond acceptors (Lipinski definition) is 7. The monoisotopic (exact) mass is 285 g/mol. The van der Waals surface area contributed by atoms with Gasteiger partial charge in [-0.25, -0.2) is 9.97 Å². The average Bonchev–Trinajstić information content (AvgIpc) is 2.36. The second kappa shape index (κ2) is 7.78. The second-order valence-electron chi connectivity index (χ2n) is 4.10. The van der Waals surface area contributed by atoms with Gasteiger partial charge in [0.1, 0.15) is 6.33 Å². The lowest BCUT2D eigenvalue weighted by atomic mass is 10.3.